The quantitative estimate of drug-likeness (QED) is 0.825. The molecule has 0 amide bonds. The Balaban J connectivity index is 2.17. The molecule has 1 aromatic rings. The molecule has 1 aromatic heterocycles. The van der Waals surface area contributed by atoms with E-state index < -0.39 is 5.60 Å². The third-order valence-corrected chi connectivity index (χ3v) is 5.09. The Morgan fingerprint density at radius 2 is 1.88 bits per heavy atom. The molecule has 1 saturated carbocycles. The van der Waals surface area contributed by atoms with Crippen molar-refractivity contribution in [1.29, 1.82) is 0 Å². The zero-order chi connectivity index (χ0) is 11.8. The van der Waals surface area contributed by atoms with E-state index in [1.807, 2.05) is 13.0 Å². The third kappa shape index (κ3) is 2.33. The van der Waals surface area contributed by atoms with E-state index >= 15 is 0 Å². The average molecular weight is 238 g/mol. The van der Waals surface area contributed by atoms with Gasteiger partial charge in [0.25, 0.3) is 0 Å². The Labute approximate surface area is 103 Å². The summed E-state index contributed by atoms with van der Waals surface area (Å²) in [6.45, 7) is 6.62. The van der Waals surface area contributed by atoms with E-state index in [2.05, 4.69) is 25.3 Å². The summed E-state index contributed by atoms with van der Waals surface area (Å²) in [5, 5.41) is 12.8. The fourth-order valence-corrected chi connectivity index (χ4v) is 4.04. The molecule has 3 unspecified atom stereocenters. The number of rotatable bonds is 2. The maximum absolute atomic E-state index is 10.7. The highest BCUT2D eigenvalue weighted by Gasteiger charge is 2.38. The first kappa shape index (κ1) is 12.1. The summed E-state index contributed by atoms with van der Waals surface area (Å²) in [5.74, 6) is 1.92. The fourth-order valence-electron chi connectivity index (χ4n) is 3.17. The Hall–Kier alpha value is -0.340. The fraction of sp³-hybridized carbons (Fsp3) is 0.714. The molecule has 16 heavy (non-hydrogen) atoms. The summed E-state index contributed by atoms with van der Waals surface area (Å²) in [5.41, 5.74) is -0.628. The van der Waals surface area contributed by atoms with Crippen molar-refractivity contribution in [2.45, 2.75) is 45.6 Å². The largest absolute Gasteiger partial charge is 0.384 e. The highest BCUT2D eigenvalue weighted by Crippen LogP contribution is 2.44. The van der Waals surface area contributed by atoms with E-state index in [9.17, 15) is 5.11 Å². The van der Waals surface area contributed by atoms with Crippen LogP contribution in [0.25, 0.3) is 0 Å². The van der Waals surface area contributed by atoms with Crippen molar-refractivity contribution in [2.24, 2.45) is 17.8 Å². The Bertz CT molecular complexity index is 319. The molecular weight excluding hydrogens is 216 g/mol. The molecule has 1 N–H and O–H groups in total. The predicted octanol–water partition coefficient (Wildman–Crippen LogP) is 4.03. The van der Waals surface area contributed by atoms with Crippen LogP contribution in [-0.4, -0.2) is 5.11 Å². The van der Waals surface area contributed by atoms with Crippen molar-refractivity contribution in [1.82, 2.24) is 0 Å². The van der Waals surface area contributed by atoms with Gasteiger partial charge in [0.05, 0.1) is 5.60 Å². The molecule has 90 valence electrons. The van der Waals surface area contributed by atoms with Crippen LogP contribution >= 0.6 is 11.3 Å². The first-order chi connectivity index (χ1) is 7.50. The highest BCUT2D eigenvalue weighted by atomic mass is 32.1. The standard InChI is InChI=1S/C14H22OS/c1-10-7-11(2)9-12(8-10)14(3,15)13-5-4-6-16-13/h4-6,10-12,15H,7-9H2,1-3H3. The van der Waals surface area contributed by atoms with Crippen molar-refractivity contribution in [3.05, 3.63) is 22.4 Å². The van der Waals surface area contributed by atoms with Crippen molar-refractivity contribution in [3.63, 3.8) is 0 Å². The van der Waals surface area contributed by atoms with Crippen LogP contribution in [0.3, 0.4) is 0 Å². The zero-order valence-corrected chi connectivity index (χ0v) is 11.3. The Morgan fingerprint density at radius 3 is 2.38 bits per heavy atom. The van der Waals surface area contributed by atoms with Gasteiger partial charge in [-0.2, -0.15) is 0 Å². The molecule has 1 fully saturated rings. The first-order valence-corrected chi connectivity index (χ1v) is 7.14. The van der Waals surface area contributed by atoms with Crippen LogP contribution < -0.4 is 0 Å². The van der Waals surface area contributed by atoms with Crippen LogP contribution in [0.4, 0.5) is 0 Å². The van der Waals surface area contributed by atoms with Crippen molar-refractivity contribution >= 4 is 11.3 Å². The van der Waals surface area contributed by atoms with Crippen LogP contribution in [0.1, 0.15) is 44.9 Å². The van der Waals surface area contributed by atoms with Gasteiger partial charge < -0.3 is 5.11 Å². The monoisotopic (exact) mass is 238 g/mol. The maximum atomic E-state index is 10.7. The molecule has 0 radical (unpaired) electrons. The molecule has 1 aliphatic carbocycles. The second kappa shape index (κ2) is 4.50. The molecule has 0 saturated heterocycles. The Kier molecular flexibility index (Phi) is 3.41. The van der Waals surface area contributed by atoms with Gasteiger partial charge in [-0.15, -0.1) is 11.3 Å². The van der Waals surface area contributed by atoms with Gasteiger partial charge in [-0.25, -0.2) is 0 Å². The van der Waals surface area contributed by atoms with Gasteiger partial charge in [0.2, 0.25) is 0 Å². The van der Waals surface area contributed by atoms with E-state index in [1.54, 1.807) is 11.3 Å². The smallest absolute Gasteiger partial charge is 0.0987 e. The molecule has 1 aliphatic rings. The number of aliphatic hydroxyl groups is 1. The van der Waals surface area contributed by atoms with Gasteiger partial charge in [-0.05, 0) is 55.4 Å². The van der Waals surface area contributed by atoms with Crippen molar-refractivity contribution < 1.29 is 5.11 Å². The average Bonchev–Trinajstić information content (AvgIpc) is 2.69. The van der Waals surface area contributed by atoms with Gasteiger partial charge in [0.1, 0.15) is 0 Å². The molecule has 0 aliphatic heterocycles. The van der Waals surface area contributed by atoms with Gasteiger partial charge in [0.15, 0.2) is 0 Å². The molecule has 3 atom stereocenters. The molecule has 0 spiro atoms. The highest BCUT2D eigenvalue weighted by molar-refractivity contribution is 7.10. The zero-order valence-electron chi connectivity index (χ0n) is 10.4. The lowest BCUT2D eigenvalue weighted by molar-refractivity contribution is -0.0358. The lowest BCUT2D eigenvalue weighted by atomic mass is 9.70. The van der Waals surface area contributed by atoms with Crippen LogP contribution in [0.5, 0.6) is 0 Å². The second-order valence-electron chi connectivity index (χ2n) is 5.74. The van der Waals surface area contributed by atoms with Crippen LogP contribution in [-0.2, 0) is 5.60 Å². The Morgan fingerprint density at radius 1 is 1.25 bits per heavy atom. The third-order valence-electron chi connectivity index (χ3n) is 3.99. The van der Waals surface area contributed by atoms with Crippen molar-refractivity contribution in [3.8, 4) is 0 Å². The minimum atomic E-state index is -0.628. The summed E-state index contributed by atoms with van der Waals surface area (Å²) in [7, 11) is 0. The van der Waals surface area contributed by atoms with Gasteiger partial charge >= 0.3 is 0 Å². The SMILES string of the molecule is CC1CC(C)CC(C(C)(O)c2cccs2)C1. The van der Waals surface area contributed by atoms with Gasteiger partial charge in [0, 0.05) is 4.88 Å². The first-order valence-electron chi connectivity index (χ1n) is 6.26. The van der Waals surface area contributed by atoms with Crippen LogP contribution in [0.15, 0.2) is 17.5 Å². The number of thiophene rings is 1. The molecule has 1 nitrogen and oxygen atoms in total. The van der Waals surface area contributed by atoms with E-state index in [1.165, 1.54) is 6.42 Å². The molecule has 2 rings (SSSR count). The van der Waals surface area contributed by atoms with Gasteiger partial charge in [-0.3, -0.25) is 0 Å². The number of hydrogen-bond acceptors (Lipinski definition) is 2. The predicted molar refractivity (Wildman–Crippen MR) is 69.6 cm³/mol. The molecule has 0 aromatic carbocycles. The maximum Gasteiger partial charge on any atom is 0.0987 e. The lowest BCUT2D eigenvalue weighted by Crippen LogP contribution is -2.36. The minimum absolute atomic E-state index is 0.421. The number of hydrogen-bond donors (Lipinski definition) is 1. The molecular formula is C14H22OS. The van der Waals surface area contributed by atoms with E-state index in [4.69, 9.17) is 0 Å². The topological polar surface area (TPSA) is 20.2 Å². The second-order valence-corrected chi connectivity index (χ2v) is 6.69. The summed E-state index contributed by atoms with van der Waals surface area (Å²) >= 11 is 1.68. The summed E-state index contributed by atoms with van der Waals surface area (Å²) in [4.78, 5) is 1.12. The van der Waals surface area contributed by atoms with Crippen molar-refractivity contribution in [2.75, 3.05) is 0 Å². The lowest BCUT2D eigenvalue weighted by Gasteiger charge is -2.40. The summed E-state index contributed by atoms with van der Waals surface area (Å²) in [6.07, 6.45) is 3.64. The molecule has 0 bridgehead atoms. The molecule has 1 heterocycles. The normalized spacial score (nSPS) is 34.6. The van der Waals surface area contributed by atoms with Crippen LogP contribution in [0, 0.1) is 17.8 Å². The summed E-state index contributed by atoms with van der Waals surface area (Å²) < 4.78 is 0. The van der Waals surface area contributed by atoms with Gasteiger partial charge in [-0.1, -0.05) is 19.9 Å². The van der Waals surface area contributed by atoms with Crippen LogP contribution in [0.2, 0.25) is 0 Å². The molecule has 2 heteroatoms. The minimum Gasteiger partial charge on any atom is -0.384 e. The van der Waals surface area contributed by atoms with E-state index in [0.717, 1.165) is 29.6 Å². The van der Waals surface area contributed by atoms with E-state index in [-0.39, 0.29) is 0 Å². The summed E-state index contributed by atoms with van der Waals surface area (Å²) in [6, 6.07) is 4.10. The van der Waals surface area contributed by atoms with E-state index in [0.29, 0.717) is 5.92 Å².